The Morgan fingerprint density at radius 1 is 1.16 bits per heavy atom. The van der Waals surface area contributed by atoms with E-state index in [0.717, 1.165) is 19.5 Å². The average Bonchev–Trinajstić information content (AvgIpc) is 3.07. The predicted molar refractivity (Wildman–Crippen MR) is 146 cm³/mol. The Labute approximate surface area is 222 Å². The van der Waals surface area contributed by atoms with Gasteiger partial charge in [0.2, 0.25) is 5.91 Å². The Morgan fingerprint density at radius 2 is 1.89 bits per heavy atom. The normalized spacial score (nSPS) is 16.5. The summed E-state index contributed by atoms with van der Waals surface area (Å²) >= 11 is 6.24. The number of amides is 1. The minimum atomic E-state index is -4.24. The van der Waals surface area contributed by atoms with Crippen LogP contribution in [0.2, 0.25) is 5.02 Å². The number of anilines is 2. The van der Waals surface area contributed by atoms with Crippen LogP contribution in [0.5, 0.6) is 0 Å². The Bertz CT molecular complexity index is 1450. The summed E-state index contributed by atoms with van der Waals surface area (Å²) in [6.45, 7) is 6.48. The fraction of sp³-hybridized carbons (Fsp3) is 0.385. The SMILES string of the molecule is Cc1c(NS(=O)(=O)c2cc(NC(=O)CCN3CCC[C@H](C)C3)ccc2Cl)c(=O)n(-c2ccccc2)n1C. The molecule has 1 fully saturated rings. The van der Waals surface area contributed by atoms with E-state index < -0.39 is 15.6 Å². The summed E-state index contributed by atoms with van der Waals surface area (Å²) in [5, 5.41) is 2.74. The molecule has 1 saturated heterocycles. The second-order valence-electron chi connectivity index (χ2n) is 9.53. The van der Waals surface area contributed by atoms with Gasteiger partial charge in [0.25, 0.3) is 15.6 Å². The third kappa shape index (κ3) is 6.08. The minimum Gasteiger partial charge on any atom is -0.326 e. The van der Waals surface area contributed by atoms with Gasteiger partial charge in [0.1, 0.15) is 10.6 Å². The molecule has 198 valence electrons. The number of benzene rings is 2. The molecule has 2 aromatic carbocycles. The number of nitrogens with zero attached hydrogens (tertiary/aromatic N) is 3. The number of carbonyl (C=O) groups excluding carboxylic acids is 1. The monoisotopic (exact) mass is 545 g/mol. The lowest BCUT2D eigenvalue weighted by Crippen LogP contribution is -2.36. The van der Waals surface area contributed by atoms with Gasteiger partial charge in [0.05, 0.1) is 16.4 Å². The first-order chi connectivity index (χ1) is 17.6. The lowest BCUT2D eigenvalue weighted by Gasteiger charge is -2.30. The number of likely N-dealkylation sites (tertiary alicyclic amines) is 1. The smallest absolute Gasteiger partial charge is 0.296 e. The zero-order chi connectivity index (χ0) is 26.7. The summed E-state index contributed by atoms with van der Waals surface area (Å²) in [5.74, 6) is 0.417. The maximum atomic E-state index is 13.3. The maximum Gasteiger partial charge on any atom is 0.296 e. The molecule has 1 amide bonds. The van der Waals surface area contributed by atoms with Crippen LogP contribution in [0.1, 0.15) is 31.9 Å². The lowest BCUT2D eigenvalue weighted by molar-refractivity contribution is -0.116. The standard InChI is InChI=1S/C26H32ClN5O4S/c1-18-8-7-14-31(17-18)15-13-24(33)28-20-11-12-22(27)23(16-20)37(35,36)29-25-19(2)30(3)32(26(25)34)21-9-5-4-6-10-21/h4-6,9-12,16,18,29H,7-8,13-15,17H2,1-3H3,(H,28,33)/t18-/m0/s1. The van der Waals surface area contributed by atoms with Crippen LogP contribution >= 0.6 is 11.6 Å². The van der Waals surface area contributed by atoms with Gasteiger partial charge < -0.3 is 10.2 Å². The number of hydrogen-bond donors (Lipinski definition) is 2. The van der Waals surface area contributed by atoms with E-state index in [9.17, 15) is 18.0 Å². The first-order valence-corrected chi connectivity index (χ1v) is 14.1. The second kappa shape index (κ2) is 11.1. The molecule has 0 saturated carbocycles. The zero-order valence-corrected chi connectivity index (χ0v) is 22.8. The molecule has 0 spiro atoms. The molecule has 1 aliphatic rings. The van der Waals surface area contributed by atoms with Crippen LogP contribution in [0.4, 0.5) is 11.4 Å². The van der Waals surface area contributed by atoms with E-state index in [1.54, 1.807) is 49.0 Å². The summed E-state index contributed by atoms with van der Waals surface area (Å²) in [6.07, 6.45) is 2.64. The maximum absolute atomic E-state index is 13.3. The van der Waals surface area contributed by atoms with E-state index in [0.29, 0.717) is 36.0 Å². The zero-order valence-electron chi connectivity index (χ0n) is 21.2. The van der Waals surface area contributed by atoms with Crippen LogP contribution in [0.25, 0.3) is 5.69 Å². The van der Waals surface area contributed by atoms with Gasteiger partial charge in [-0.05, 0) is 62.6 Å². The van der Waals surface area contributed by atoms with Crippen molar-refractivity contribution in [2.45, 2.75) is 38.0 Å². The van der Waals surface area contributed by atoms with Crippen molar-refractivity contribution in [1.29, 1.82) is 0 Å². The molecule has 0 radical (unpaired) electrons. The summed E-state index contributed by atoms with van der Waals surface area (Å²) in [4.78, 5) is 27.8. The third-order valence-corrected chi connectivity index (χ3v) is 8.52. The van der Waals surface area contributed by atoms with E-state index in [-0.39, 0.29) is 21.5 Å². The number of sulfonamides is 1. The summed E-state index contributed by atoms with van der Waals surface area (Å²) in [7, 11) is -2.56. The number of nitrogens with one attached hydrogen (secondary N) is 2. The van der Waals surface area contributed by atoms with Gasteiger partial charge in [-0.25, -0.2) is 13.1 Å². The Hall–Kier alpha value is -3.08. The van der Waals surface area contributed by atoms with Crippen LogP contribution < -0.4 is 15.6 Å². The van der Waals surface area contributed by atoms with Gasteiger partial charge in [-0.2, -0.15) is 0 Å². The topological polar surface area (TPSA) is 105 Å². The molecular weight excluding hydrogens is 514 g/mol. The van der Waals surface area contributed by atoms with Crippen LogP contribution in [-0.2, 0) is 21.9 Å². The molecule has 11 heteroatoms. The minimum absolute atomic E-state index is 0.0234. The van der Waals surface area contributed by atoms with Crippen molar-refractivity contribution < 1.29 is 13.2 Å². The van der Waals surface area contributed by atoms with Crippen molar-refractivity contribution in [3.63, 3.8) is 0 Å². The molecule has 1 aromatic heterocycles. The van der Waals surface area contributed by atoms with E-state index in [1.807, 2.05) is 6.07 Å². The molecule has 4 rings (SSSR count). The van der Waals surface area contributed by atoms with Crippen LogP contribution in [0.3, 0.4) is 0 Å². The number of hydrogen-bond acceptors (Lipinski definition) is 5. The number of carbonyl (C=O) groups is 1. The fourth-order valence-electron chi connectivity index (χ4n) is 4.64. The lowest BCUT2D eigenvalue weighted by atomic mass is 10.0. The molecule has 0 bridgehead atoms. The third-order valence-electron chi connectivity index (χ3n) is 6.69. The van der Waals surface area contributed by atoms with Crippen LogP contribution in [-0.4, -0.2) is 48.2 Å². The van der Waals surface area contributed by atoms with Crippen molar-refractivity contribution in [3.05, 3.63) is 69.6 Å². The van der Waals surface area contributed by atoms with E-state index >= 15 is 0 Å². The number of piperidine rings is 1. The molecule has 1 aliphatic heterocycles. The molecule has 0 unspecified atom stereocenters. The highest BCUT2D eigenvalue weighted by Crippen LogP contribution is 2.27. The van der Waals surface area contributed by atoms with Gasteiger partial charge in [0.15, 0.2) is 0 Å². The number of rotatable bonds is 8. The summed E-state index contributed by atoms with van der Waals surface area (Å²) in [6, 6.07) is 13.2. The summed E-state index contributed by atoms with van der Waals surface area (Å²) in [5.41, 5.74) is 0.763. The van der Waals surface area contributed by atoms with E-state index in [1.165, 1.54) is 23.2 Å². The van der Waals surface area contributed by atoms with Gasteiger partial charge in [-0.15, -0.1) is 0 Å². The van der Waals surface area contributed by atoms with E-state index in [4.69, 9.17) is 11.6 Å². The highest BCUT2D eigenvalue weighted by atomic mass is 35.5. The van der Waals surface area contributed by atoms with Crippen molar-refractivity contribution in [3.8, 4) is 5.69 Å². The highest BCUT2D eigenvalue weighted by molar-refractivity contribution is 7.92. The summed E-state index contributed by atoms with van der Waals surface area (Å²) < 4.78 is 32.0. The van der Waals surface area contributed by atoms with Gasteiger partial charge in [-0.1, -0.05) is 36.7 Å². The average molecular weight is 546 g/mol. The molecular formula is C26H32ClN5O4S. The van der Waals surface area contributed by atoms with Gasteiger partial charge >= 0.3 is 0 Å². The van der Waals surface area contributed by atoms with Crippen molar-refractivity contribution in [2.24, 2.45) is 13.0 Å². The Kier molecular flexibility index (Phi) is 8.11. The van der Waals surface area contributed by atoms with Crippen molar-refractivity contribution in [2.75, 3.05) is 29.7 Å². The molecule has 2 heterocycles. The molecule has 0 aliphatic carbocycles. The molecule has 1 atom stereocenters. The van der Waals surface area contributed by atoms with Gasteiger partial charge in [0, 0.05) is 32.2 Å². The largest absolute Gasteiger partial charge is 0.326 e. The molecule has 37 heavy (non-hydrogen) atoms. The quantitative estimate of drug-likeness (QED) is 0.445. The fourth-order valence-corrected chi connectivity index (χ4v) is 6.28. The Balaban J connectivity index is 1.52. The van der Waals surface area contributed by atoms with Crippen molar-refractivity contribution >= 4 is 38.9 Å². The van der Waals surface area contributed by atoms with Crippen LogP contribution in [0, 0.1) is 12.8 Å². The van der Waals surface area contributed by atoms with Crippen LogP contribution in [0.15, 0.2) is 58.2 Å². The van der Waals surface area contributed by atoms with E-state index in [2.05, 4.69) is 21.9 Å². The number of halogens is 1. The van der Waals surface area contributed by atoms with Gasteiger partial charge in [-0.3, -0.25) is 19.0 Å². The van der Waals surface area contributed by atoms with Crippen molar-refractivity contribution in [1.82, 2.24) is 14.3 Å². The second-order valence-corrected chi connectivity index (χ2v) is 11.6. The first kappa shape index (κ1) is 27.0. The highest BCUT2D eigenvalue weighted by Gasteiger charge is 2.25. The molecule has 9 nitrogen and oxygen atoms in total. The predicted octanol–water partition coefficient (Wildman–Crippen LogP) is 4.00. The molecule has 3 aromatic rings. The number of aromatic nitrogens is 2. The Morgan fingerprint density at radius 3 is 2.59 bits per heavy atom. The number of para-hydroxylation sites is 1. The first-order valence-electron chi connectivity index (χ1n) is 12.3. The molecule has 2 N–H and O–H groups in total.